The molecule has 118 valence electrons. The fourth-order valence-electron chi connectivity index (χ4n) is 3.02. The predicted octanol–water partition coefficient (Wildman–Crippen LogP) is 1.23. The number of carbonyl (C=O) groups excluding carboxylic acids is 1. The summed E-state index contributed by atoms with van der Waals surface area (Å²) in [5.74, 6) is 1.33. The summed E-state index contributed by atoms with van der Waals surface area (Å²) in [6.45, 7) is 5.02. The number of aliphatic hydroxyl groups is 1. The number of carbonyl (C=O) groups is 1. The first-order chi connectivity index (χ1) is 10.1. The standard InChI is InChI=1S/C15H26N4O2/c1-11-3-4-14(12(2)7-11)18-13-8-17-19(9-13)10-15(21)16-5-6-20/h8-9,11-12,14,18,20H,3-7,10H2,1-2H3,(H,16,21). The highest BCUT2D eigenvalue weighted by molar-refractivity contribution is 5.75. The molecule has 1 amide bonds. The van der Waals surface area contributed by atoms with Gasteiger partial charge in [-0.1, -0.05) is 13.8 Å². The topological polar surface area (TPSA) is 79.2 Å². The van der Waals surface area contributed by atoms with E-state index in [0.717, 1.165) is 11.6 Å². The van der Waals surface area contributed by atoms with E-state index < -0.39 is 0 Å². The number of nitrogens with zero attached hydrogens (tertiary/aromatic N) is 2. The minimum absolute atomic E-state index is 0.0460. The minimum Gasteiger partial charge on any atom is -0.395 e. The highest BCUT2D eigenvalue weighted by Crippen LogP contribution is 2.30. The van der Waals surface area contributed by atoms with Crippen LogP contribution in [0, 0.1) is 11.8 Å². The second-order valence-electron chi connectivity index (χ2n) is 6.15. The third-order valence-electron chi connectivity index (χ3n) is 4.16. The minimum atomic E-state index is -0.140. The molecule has 1 aromatic heterocycles. The van der Waals surface area contributed by atoms with Crippen molar-refractivity contribution in [2.75, 3.05) is 18.5 Å². The predicted molar refractivity (Wildman–Crippen MR) is 81.9 cm³/mol. The Morgan fingerprint density at radius 2 is 2.29 bits per heavy atom. The van der Waals surface area contributed by atoms with Crippen molar-refractivity contribution in [2.45, 2.75) is 45.7 Å². The van der Waals surface area contributed by atoms with Gasteiger partial charge in [-0.2, -0.15) is 5.10 Å². The lowest BCUT2D eigenvalue weighted by Gasteiger charge is -2.33. The van der Waals surface area contributed by atoms with Gasteiger partial charge in [0.2, 0.25) is 5.91 Å². The van der Waals surface area contributed by atoms with Crippen LogP contribution in [0.3, 0.4) is 0 Å². The average Bonchev–Trinajstić information content (AvgIpc) is 2.87. The Bertz CT molecular complexity index is 460. The number of aromatic nitrogens is 2. The molecule has 3 unspecified atom stereocenters. The van der Waals surface area contributed by atoms with E-state index in [1.165, 1.54) is 19.3 Å². The van der Waals surface area contributed by atoms with E-state index in [4.69, 9.17) is 5.11 Å². The Balaban J connectivity index is 1.84. The molecule has 0 bridgehead atoms. The van der Waals surface area contributed by atoms with Gasteiger partial charge < -0.3 is 15.7 Å². The van der Waals surface area contributed by atoms with Gasteiger partial charge >= 0.3 is 0 Å². The highest BCUT2D eigenvalue weighted by atomic mass is 16.3. The Labute approximate surface area is 125 Å². The molecule has 0 saturated heterocycles. The molecule has 1 saturated carbocycles. The maximum atomic E-state index is 11.6. The van der Waals surface area contributed by atoms with Gasteiger partial charge in [-0.3, -0.25) is 9.48 Å². The van der Waals surface area contributed by atoms with Gasteiger partial charge in [-0.05, 0) is 31.1 Å². The summed E-state index contributed by atoms with van der Waals surface area (Å²) in [7, 11) is 0. The van der Waals surface area contributed by atoms with E-state index in [0.29, 0.717) is 12.0 Å². The van der Waals surface area contributed by atoms with E-state index in [-0.39, 0.29) is 25.6 Å². The van der Waals surface area contributed by atoms with Crippen molar-refractivity contribution in [3.05, 3.63) is 12.4 Å². The van der Waals surface area contributed by atoms with E-state index in [1.54, 1.807) is 10.9 Å². The summed E-state index contributed by atoms with van der Waals surface area (Å²) < 4.78 is 1.62. The Kier molecular flexibility index (Phi) is 5.61. The smallest absolute Gasteiger partial charge is 0.241 e. The zero-order valence-electron chi connectivity index (χ0n) is 12.9. The van der Waals surface area contributed by atoms with Crippen molar-refractivity contribution in [1.29, 1.82) is 0 Å². The summed E-state index contributed by atoms with van der Waals surface area (Å²) in [6.07, 6.45) is 7.34. The van der Waals surface area contributed by atoms with Crippen molar-refractivity contribution >= 4 is 11.6 Å². The number of aliphatic hydroxyl groups excluding tert-OH is 1. The zero-order valence-corrected chi connectivity index (χ0v) is 12.9. The fourth-order valence-corrected chi connectivity index (χ4v) is 3.02. The summed E-state index contributed by atoms with van der Waals surface area (Å²) in [5.41, 5.74) is 0.969. The molecule has 1 aliphatic carbocycles. The molecule has 0 spiro atoms. The van der Waals surface area contributed by atoms with Crippen molar-refractivity contribution in [3.63, 3.8) is 0 Å². The van der Waals surface area contributed by atoms with Crippen molar-refractivity contribution < 1.29 is 9.90 Å². The Morgan fingerprint density at radius 3 is 3.00 bits per heavy atom. The average molecular weight is 294 g/mol. The molecule has 1 aliphatic rings. The normalized spacial score (nSPS) is 25.6. The molecule has 1 aromatic rings. The molecule has 0 radical (unpaired) electrons. The van der Waals surface area contributed by atoms with E-state index in [2.05, 4.69) is 29.6 Å². The maximum absolute atomic E-state index is 11.6. The molecule has 0 aromatic carbocycles. The van der Waals surface area contributed by atoms with E-state index >= 15 is 0 Å². The number of hydrogen-bond acceptors (Lipinski definition) is 4. The summed E-state index contributed by atoms with van der Waals surface area (Å²) in [6, 6.07) is 0.488. The van der Waals surface area contributed by atoms with Crippen LogP contribution in [0.5, 0.6) is 0 Å². The van der Waals surface area contributed by atoms with Gasteiger partial charge in [0.1, 0.15) is 6.54 Å². The quantitative estimate of drug-likeness (QED) is 0.737. The van der Waals surface area contributed by atoms with Crippen LogP contribution >= 0.6 is 0 Å². The van der Waals surface area contributed by atoms with Crippen LogP contribution in [0.1, 0.15) is 33.1 Å². The van der Waals surface area contributed by atoms with Crippen molar-refractivity contribution in [2.24, 2.45) is 11.8 Å². The van der Waals surface area contributed by atoms with Crippen molar-refractivity contribution in [1.82, 2.24) is 15.1 Å². The molecule has 21 heavy (non-hydrogen) atoms. The van der Waals surface area contributed by atoms with E-state index in [1.807, 2.05) is 6.20 Å². The zero-order chi connectivity index (χ0) is 15.2. The second kappa shape index (κ2) is 7.45. The van der Waals surface area contributed by atoms with E-state index in [9.17, 15) is 4.79 Å². The number of amides is 1. The second-order valence-corrected chi connectivity index (χ2v) is 6.15. The highest BCUT2D eigenvalue weighted by Gasteiger charge is 2.25. The molecule has 3 atom stereocenters. The Hall–Kier alpha value is -1.56. The number of hydrogen-bond donors (Lipinski definition) is 3. The first-order valence-corrected chi connectivity index (χ1v) is 7.75. The van der Waals surface area contributed by atoms with Crippen LogP contribution in [-0.4, -0.2) is 40.0 Å². The van der Waals surface area contributed by atoms with Crippen LogP contribution in [0.2, 0.25) is 0 Å². The third-order valence-corrected chi connectivity index (χ3v) is 4.16. The van der Waals surface area contributed by atoms with Gasteiger partial charge in [0.25, 0.3) is 0 Å². The lowest BCUT2D eigenvalue weighted by Crippen LogP contribution is -2.32. The SMILES string of the molecule is CC1CCC(Nc2cnn(CC(=O)NCCO)c2)C(C)C1. The molecule has 3 N–H and O–H groups in total. The molecule has 2 rings (SSSR count). The van der Waals surface area contributed by atoms with Gasteiger partial charge in [0.15, 0.2) is 0 Å². The molecule has 0 aliphatic heterocycles. The van der Waals surface area contributed by atoms with Crippen LogP contribution in [-0.2, 0) is 11.3 Å². The first kappa shape index (κ1) is 15.8. The van der Waals surface area contributed by atoms with Gasteiger partial charge in [-0.25, -0.2) is 0 Å². The summed E-state index contributed by atoms with van der Waals surface area (Å²) in [4.78, 5) is 11.6. The van der Waals surface area contributed by atoms with Crippen LogP contribution in [0.25, 0.3) is 0 Å². The molecule has 1 fully saturated rings. The van der Waals surface area contributed by atoms with Crippen LogP contribution in [0.4, 0.5) is 5.69 Å². The van der Waals surface area contributed by atoms with Gasteiger partial charge in [-0.15, -0.1) is 0 Å². The van der Waals surface area contributed by atoms with Crippen molar-refractivity contribution in [3.8, 4) is 0 Å². The number of anilines is 1. The Morgan fingerprint density at radius 1 is 1.48 bits per heavy atom. The molecular formula is C15H26N4O2. The first-order valence-electron chi connectivity index (χ1n) is 7.75. The molecule has 6 nitrogen and oxygen atoms in total. The van der Waals surface area contributed by atoms with Gasteiger partial charge in [0, 0.05) is 18.8 Å². The molecular weight excluding hydrogens is 268 g/mol. The lowest BCUT2D eigenvalue weighted by atomic mass is 9.80. The summed E-state index contributed by atoms with van der Waals surface area (Å²) in [5, 5.41) is 19.0. The number of nitrogens with one attached hydrogen (secondary N) is 2. The van der Waals surface area contributed by atoms with Crippen LogP contribution in [0.15, 0.2) is 12.4 Å². The van der Waals surface area contributed by atoms with Gasteiger partial charge in [0.05, 0.1) is 18.5 Å². The fraction of sp³-hybridized carbons (Fsp3) is 0.733. The molecule has 6 heteroatoms. The monoisotopic (exact) mass is 294 g/mol. The number of rotatable bonds is 6. The largest absolute Gasteiger partial charge is 0.395 e. The molecule has 1 heterocycles. The summed E-state index contributed by atoms with van der Waals surface area (Å²) >= 11 is 0. The maximum Gasteiger partial charge on any atom is 0.241 e. The lowest BCUT2D eigenvalue weighted by molar-refractivity contribution is -0.122. The third kappa shape index (κ3) is 4.74. The van der Waals surface area contributed by atoms with Crippen LogP contribution < -0.4 is 10.6 Å².